The van der Waals surface area contributed by atoms with E-state index in [9.17, 15) is 0 Å². The Balaban J connectivity index is 1.78. The summed E-state index contributed by atoms with van der Waals surface area (Å²) in [4.78, 5) is 9.98. The summed E-state index contributed by atoms with van der Waals surface area (Å²) in [5.74, 6) is 0. The number of hydrogen-bond donors (Lipinski definition) is 0. The Labute approximate surface area is 140 Å². The fourth-order valence-corrected chi connectivity index (χ4v) is 6.25. The van der Waals surface area contributed by atoms with Crippen molar-refractivity contribution in [3.8, 4) is 0 Å². The van der Waals surface area contributed by atoms with Gasteiger partial charge in [-0.25, -0.2) is 4.98 Å². The highest BCUT2D eigenvalue weighted by Gasteiger charge is 2.53. The molecule has 2 aromatic heterocycles. The lowest BCUT2D eigenvalue weighted by Gasteiger charge is -2.40. The molecule has 4 heteroatoms. The number of fused-ring (bicyclic) bond motifs is 4. The van der Waals surface area contributed by atoms with Gasteiger partial charge in [0.25, 0.3) is 0 Å². The molecule has 1 aromatic carbocycles. The van der Waals surface area contributed by atoms with Gasteiger partial charge in [0.15, 0.2) is 4.96 Å². The molecule has 0 bridgehead atoms. The average molecular weight is 323 g/mol. The average Bonchev–Trinajstić information content (AvgIpc) is 3.26. The van der Waals surface area contributed by atoms with E-state index in [2.05, 4.69) is 58.6 Å². The summed E-state index contributed by atoms with van der Waals surface area (Å²) >= 11 is 1.91. The van der Waals surface area contributed by atoms with Crippen molar-refractivity contribution in [1.82, 2.24) is 9.38 Å². The van der Waals surface area contributed by atoms with E-state index in [0.29, 0.717) is 6.04 Å². The third kappa shape index (κ3) is 1.62. The first-order valence-corrected chi connectivity index (χ1v) is 9.35. The van der Waals surface area contributed by atoms with E-state index in [4.69, 9.17) is 0 Å². The maximum atomic E-state index is 4.55. The van der Waals surface area contributed by atoms with Gasteiger partial charge in [-0.1, -0.05) is 42.4 Å². The van der Waals surface area contributed by atoms with E-state index in [1.54, 1.807) is 4.88 Å². The summed E-state index contributed by atoms with van der Waals surface area (Å²) < 4.78 is 2.32. The second kappa shape index (κ2) is 4.60. The molecule has 1 aliphatic heterocycles. The summed E-state index contributed by atoms with van der Waals surface area (Å²) in [6.07, 6.45) is 9.25. The number of nitrogens with zero attached hydrogens (tertiary/aromatic N) is 3. The zero-order chi connectivity index (χ0) is 15.6. The van der Waals surface area contributed by atoms with Gasteiger partial charge in [0.05, 0.1) is 22.2 Å². The fraction of sp³-hybridized carbons (Fsp3) is 0.421. The summed E-state index contributed by atoms with van der Waals surface area (Å²) in [5.41, 5.74) is 4.43. The minimum atomic E-state index is 0.187. The molecule has 3 aromatic rings. The molecule has 1 atom stereocenters. The molecule has 23 heavy (non-hydrogen) atoms. The van der Waals surface area contributed by atoms with E-state index in [-0.39, 0.29) is 5.54 Å². The first-order valence-electron chi connectivity index (χ1n) is 8.53. The lowest BCUT2D eigenvalue weighted by atomic mass is 9.94. The van der Waals surface area contributed by atoms with Gasteiger partial charge >= 0.3 is 0 Å². The number of benzene rings is 1. The molecular formula is C19H21N3S. The van der Waals surface area contributed by atoms with Gasteiger partial charge in [0.2, 0.25) is 0 Å². The molecular weight excluding hydrogens is 302 g/mol. The molecule has 5 rings (SSSR count). The lowest BCUT2D eigenvalue weighted by molar-refractivity contribution is 0.420. The SMILES string of the molecule is Cc1ccccc1N1[C@@H](C)c2c(sc3nccn23)C12CCCC2. The largest absolute Gasteiger partial charge is 0.352 e. The van der Waals surface area contributed by atoms with Gasteiger partial charge < -0.3 is 4.90 Å². The van der Waals surface area contributed by atoms with Gasteiger partial charge in [0, 0.05) is 18.1 Å². The Morgan fingerprint density at radius 1 is 1.22 bits per heavy atom. The van der Waals surface area contributed by atoms with Crippen LogP contribution in [-0.2, 0) is 5.54 Å². The van der Waals surface area contributed by atoms with Gasteiger partial charge in [0.1, 0.15) is 0 Å². The Morgan fingerprint density at radius 3 is 2.78 bits per heavy atom. The fourth-order valence-electron chi connectivity index (χ4n) is 4.83. The van der Waals surface area contributed by atoms with Crippen LogP contribution in [0.5, 0.6) is 0 Å². The van der Waals surface area contributed by atoms with Crippen LogP contribution in [0, 0.1) is 6.92 Å². The normalized spacial score (nSPS) is 22.3. The summed E-state index contributed by atoms with van der Waals surface area (Å²) in [6, 6.07) is 9.26. The molecule has 0 N–H and O–H groups in total. The summed E-state index contributed by atoms with van der Waals surface area (Å²) in [7, 11) is 0. The number of anilines is 1. The Kier molecular flexibility index (Phi) is 2.72. The van der Waals surface area contributed by atoms with Crippen LogP contribution in [0.2, 0.25) is 0 Å². The first-order chi connectivity index (χ1) is 11.2. The van der Waals surface area contributed by atoms with Gasteiger partial charge in [-0.05, 0) is 38.3 Å². The quantitative estimate of drug-likeness (QED) is 0.624. The molecule has 0 unspecified atom stereocenters. The number of aryl methyl sites for hydroxylation is 1. The molecule has 1 saturated carbocycles. The zero-order valence-electron chi connectivity index (χ0n) is 13.6. The van der Waals surface area contributed by atoms with E-state index in [1.807, 2.05) is 17.5 Å². The molecule has 3 nitrogen and oxygen atoms in total. The minimum absolute atomic E-state index is 0.187. The van der Waals surface area contributed by atoms with Crippen molar-refractivity contribution in [3.63, 3.8) is 0 Å². The van der Waals surface area contributed by atoms with Crippen molar-refractivity contribution in [2.24, 2.45) is 0 Å². The van der Waals surface area contributed by atoms with Gasteiger partial charge in [-0.3, -0.25) is 4.40 Å². The standard InChI is InChI=1S/C19H21N3S/c1-13-7-3-4-8-15(13)22-14(2)16-17(19(22)9-5-6-10-19)23-18-20-11-12-21(16)18/h3-4,7-8,11-12,14H,5-6,9-10H2,1-2H3/t14-/m0/s1. The van der Waals surface area contributed by atoms with Crippen molar-refractivity contribution in [1.29, 1.82) is 0 Å². The second-order valence-corrected chi connectivity index (χ2v) is 7.94. The van der Waals surface area contributed by atoms with Crippen LogP contribution in [0.4, 0.5) is 5.69 Å². The van der Waals surface area contributed by atoms with Crippen molar-refractivity contribution in [3.05, 3.63) is 52.8 Å². The molecule has 1 aliphatic carbocycles. The highest BCUT2D eigenvalue weighted by atomic mass is 32.1. The van der Waals surface area contributed by atoms with E-state index in [0.717, 1.165) is 4.96 Å². The van der Waals surface area contributed by atoms with Crippen molar-refractivity contribution in [2.75, 3.05) is 4.90 Å². The lowest BCUT2D eigenvalue weighted by Crippen LogP contribution is -2.40. The zero-order valence-corrected chi connectivity index (χ0v) is 14.4. The second-order valence-electron chi connectivity index (χ2n) is 6.97. The third-order valence-corrected chi connectivity index (χ3v) is 7.04. The van der Waals surface area contributed by atoms with E-state index in [1.165, 1.54) is 42.6 Å². The maximum Gasteiger partial charge on any atom is 0.194 e. The predicted octanol–water partition coefficient (Wildman–Crippen LogP) is 5.05. The molecule has 118 valence electrons. The van der Waals surface area contributed by atoms with Crippen LogP contribution in [-0.4, -0.2) is 9.38 Å². The molecule has 1 fully saturated rings. The third-order valence-electron chi connectivity index (χ3n) is 5.76. The van der Waals surface area contributed by atoms with Crippen LogP contribution < -0.4 is 4.90 Å². The van der Waals surface area contributed by atoms with Crippen molar-refractivity contribution < 1.29 is 0 Å². The summed E-state index contributed by atoms with van der Waals surface area (Å²) in [5, 5.41) is 0. The topological polar surface area (TPSA) is 20.5 Å². The van der Waals surface area contributed by atoms with Crippen LogP contribution in [0.1, 0.15) is 54.8 Å². The highest BCUT2D eigenvalue weighted by Crippen LogP contribution is 2.58. The Hall–Kier alpha value is -1.81. The maximum absolute atomic E-state index is 4.55. The highest BCUT2D eigenvalue weighted by molar-refractivity contribution is 7.17. The Morgan fingerprint density at radius 2 is 2.00 bits per heavy atom. The van der Waals surface area contributed by atoms with Crippen LogP contribution in [0.3, 0.4) is 0 Å². The Bertz CT molecular complexity index is 885. The predicted molar refractivity (Wildman–Crippen MR) is 95.3 cm³/mol. The van der Waals surface area contributed by atoms with Crippen molar-refractivity contribution >= 4 is 22.0 Å². The molecule has 0 radical (unpaired) electrons. The smallest absolute Gasteiger partial charge is 0.194 e. The molecule has 0 saturated heterocycles. The number of imidazole rings is 1. The number of rotatable bonds is 1. The van der Waals surface area contributed by atoms with Crippen LogP contribution >= 0.6 is 11.3 Å². The van der Waals surface area contributed by atoms with Crippen molar-refractivity contribution in [2.45, 2.75) is 51.1 Å². The molecule has 1 spiro atoms. The van der Waals surface area contributed by atoms with E-state index < -0.39 is 0 Å². The van der Waals surface area contributed by atoms with Crippen LogP contribution in [0.15, 0.2) is 36.7 Å². The monoisotopic (exact) mass is 323 g/mol. The van der Waals surface area contributed by atoms with Crippen LogP contribution in [0.25, 0.3) is 4.96 Å². The van der Waals surface area contributed by atoms with Gasteiger partial charge in [-0.15, -0.1) is 0 Å². The molecule has 2 aliphatic rings. The number of aromatic nitrogens is 2. The molecule has 0 amide bonds. The number of thiazole rings is 1. The van der Waals surface area contributed by atoms with Gasteiger partial charge in [-0.2, -0.15) is 0 Å². The van der Waals surface area contributed by atoms with E-state index >= 15 is 0 Å². The molecule has 3 heterocycles. The number of hydrogen-bond acceptors (Lipinski definition) is 3. The number of para-hydroxylation sites is 1. The first kappa shape index (κ1) is 13.6. The summed E-state index contributed by atoms with van der Waals surface area (Å²) in [6.45, 7) is 4.61. The minimum Gasteiger partial charge on any atom is -0.352 e.